The van der Waals surface area contributed by atoms with Crippen LogP contribution in [-0.2, 0) is 0 Å². The van der Waals surface area contributed by atoms with Crippen LogP contribution in [-0.4, -0.2) is 15.0 Å². The van der Waals surface area contributed by atoms with E-state index in [4.69, 9.17) is 23.8 Å². The molecule has 270 valence electrons. The highest BCUT2D eigenvalue weighted by atomic mass is 16.3. The van der Waals surface area contributed by atoms with Crippen LogP contribution >= 0.6 is 0 Å². The maximum Gasteiger partial charge on any atom is 0.164 e. The summed E-state index contributed by atoms with van der Waals surface area (Å²) in [6.45, 7) is 0. The topological polar surface area (TPSA) is 65.0 Å². The molecule has 0 saturated carbocycles. The van der Waals surface area contributed by atoms with Gasteiger partial charge in [0.25, 0.3) is 0 Å². The lowest BCUT2D eigenvalue weighted by Gasteiger charge is -2.15. The van der Waals surface area contributed by atoms with Crippen molar-refractivity contribution in [2.45, 2.75) is 0 Å². The van der Waals surface area contributed by atoms with Gasteiger partial charge in [-0.1, -0.05) is 146 Å². The molecule has 12 aromatic rings. The third-order valence-corrected chi connectivity index (χ3v) is 11.3. The van der Waals surface area contributed by atoms with Crippen molar-refractivity contribution in [1.29, 1.82) is 0 Å². The first kappa shape index (κ1) is 32.4. The van der Waals surface area contributed by atoms with Crippen molar-refractivity contribution in [2.75, 3.05) is 0 Å². The first-order valence-corrected chi connectivity index (χ1v) is 19.4. The van der Waals surface area contributed by atoms with Crippen molar-refractivity contribution in [3.8, 4) is 56.4 Å². The molecule has 3 aromatic heterocycles. The van der Waals surface area contributed by atoms with Gasteiger partial charge >= 0.3 is 0 Å². The summed E-state index contributed by atoms with van der Waals surface area (Å²) in [6.07, 6.45) is 0. The monoisotopic (exact) mass is 741 g/mol. The van der Waals surface area contributed by atoms with Gasteiger partial charge in [0, 0.05) is 38.2 Å². The Morgan fingerprint density at radius 3 is 1.47 bits per heavy atom. The van der Waals surface area contributed by atoms with Crippen LogP contribution in [0.5, 0.6) is 0 Å². The maximum absolute atomic E-state index is 6.39. The number of para-hydroxylation sites is 2. The molecule has 0 unspecified atom stereocenters. The number of nitrogens with zero attached hydrogens (tertiary/aromatic N) is 3. The van der Waals surface area contributed by atoms with E-state index < -0.39 is 0 Å². The molecular weight excluding hydrogens is 711 g/mol. The highest BCUT2D eigenvalue weighted by Gasteiger charge is 2.22. The summed E-state index contributed by atoms with van der Waals surface area (Å²) in [6, 6.07) is 65.2. The van der Waals surface area contributed by atoms with Gasteiger partial charge in [-0.15, -0.1) is 0 Å². The zero-order valence-corrected chi connectivity index (χ0v) is 31.1. The van der Waals surface area contributed by atoms with E-state index in [1.807, 2.05) is 48.5 Å². The summed E-state index contributed by atoms with van der Waals surface area (Å²) in [5, 5.41) is 8.71. The van der Waals surface area contributed by atoms with Gasteiger partial charge in [0.2, 0.25) is 0 Å². The van der Waals surface area contributed by atoms with Crippen LogP contribution in [0.2, 0.25) is 0 Å². The van der Waals surface area contributed by atoms with E-state index in [1.54, 1.807) is 0 Å². The van der Waals surface area contributed by atoms with Gasteiger partial charge in [0.15, 0.2) is 17.5 Å². The fraction of sp³-hybridized carbons (Fsp3) is 0. The van der Waals surface area contributed by atoms with Crippen molar-refractivity contribution in [2.24, 2.45) is 0 Å². The van der Waals surface area contributed by atoms with Crippen LogP contribution in [0.4, 0.5) is 0 Å². The molecule has 0 saturated heterocycles. The maximum atomic E-state index is 6.39. The van der Waals surface area contributed by atoms with E-state index in [1.165, 1.54) is 10.8 Å². The molecular formula is C53H31N3O2. The van der Waals surface area contributed by atoms with Crippen molar-refractivity contribution in [1.82, 2.24) is 15.0 Å². The lowest BCUT2D eigenvalue weighted by atomic mass is 9.92. The third kappa shape index (κ3) is 5.14. The summed E-state index contributed by atoms with van der Waals surface area (Å²) in [5.74, 6) is 1.72. The van der Waals surface area contributed by atoms with E-state index in [0.29, 0.717) is 17.5 Å². The van der Waals surface area contributed by atoms with Crippen molar-refractivity contribution < 1.29 is 8.83 Å². The molecule has 0 radical (unpaired) electrons. The number of rotatable bonds is 5. The minimum Gasteiger partial charge on any atom is -0.456 e. The molecule has 0 spiro atoms. The van der Waals surface area contributed by atoms with Gasteiger partial charge < -0.3 is 8.83 Å². The second-order valence-corrected chi connectivity index (χ2v) is 14.7. The number of benzene rings is 9. The summed E-state index contributed by atoms with van der Waals surface area (Å²) in [4.78, 5) is 16.1. The molecule has 9 aromatic carbocycles. The van der Waals surface area contributed by atoms with E-state index in [0.717, 1.165) is 93.6 Å². The predicted molar refractivity (Wildman–Crippen MR) is 237 cm³/mol. The zero-order chi connectivity index (χ0) is 38.2. The fourth-order valence-corrected chi connectivity index (χ4v) is 8.66. The molecule has 0 bridgehead atoms. The Bertz CT molecular complexity index is 3590. The number of aromatic nitrogens is 3. The van der Waals surface area contributed by atoms with E-state index in [9.17, 15) is 0 Å². The Morgan fingerprint density at radius 2 is 0.741 bits per heavy atom. The molecule has 58 heavy (non-hydrogen) atoms. The minimum absolute atomic E-state index is 0.568. The molecule has 0 atom stereocenters. The molecule has 0 N–H and O–H groups in total. The molecule has 5 heteroatoms. The number of hydrogen-bond acceptors (Lipinski definition) is 5. The number of fused-ring (bicyclic) bond motifs is 8. The molecule has 0 aliphatic heterocycles. The van der Waals surface area contributed by atoms with Crippen LogP contribution in [0.15, 0.2) is 197 Å². The quantitative estimate of drug-likeness (QED) is 0.176. The van der Waals surface area contributed by atoms with Crippen LogP contribution in [0, 0.1) is 0 Å². The smallest absolute Gasteiger partial charge is 0.164 e. The van der Waals surface area contributed by atoms with Gasteiger partial charge in [0.1, 0.15) is 22.3 Å². The standard InChI is InChI=1S/C53H31N3O2/c1-2-15-34-31-44(43(30-33(34)14-1)39-23-11-27-47-49(39)40-20-5-7-25-45(40)57-47)53-55-51(36-18-9-17-35(29-36)38-22-10-16-32-13-3-4-19-37(32)38)54-52(56-53)42-24-12-28-48-50(42)41-21-6-8-26-46(41)58-48/h1-31H. The van der Waals surface area contributed by atoms with Gasteiger partial charge in [-0.2, -0.15) is 0 Å². The molecule has 3 heterocycles. The van der Waals surface area contributed by atoms with E-state index >= 15 is 0 Å². The first-order valence-electron chi connectivity index (χ1n) is 19.4. The number of hydrogen-bond donors (Lipinski definition) is 0. The fourth-order valence-electron chi connectivity index (χ4n) is 8.66. The molecule has 5 nitrogen and oxygen atoms in total. The highest BCUT2D eigenvalue weighted by molar-refractivity contribution is 6.15. The summed E-state index contributed by atoms with van der Waals surface area (Å²) >= 11 is 0. The van der Waals surface area contributed by atoms with Crippen molar-refractivity contribution >= 4 is 65.4 Å². The number of furan rings is 2. The van der Waals surface area contributed by atoms with Gasteiger partial charge in [0.05, 0.1) is 0 Å². The Hall–Kier alpha value is -7.89. The minimum atomic E-state index is 0.568. The van der Waals surface area contributed by atoms with E-state index in [2.05, 4.69) is 140 Å². The van der Waals surface area contributed by atoms with E-state index in [-0.39, 0.29) is 0 Å². The average molecular weight is 742 g/mol. The largest absolute Gasteiger partial charge is 0.456 e. The Labute approximate surface area is 332 Å². The molecule has 12 rings (SSSR count). The molecule has 0 amide bonds. The SMILES string of the molecule is c1cc(-c2nc(-c3cc4ccccc4cc3-c3cccc4oc5ccccc5c34)nc(-c3cccc4oc5ccccc5c34)n2)cc(-c2cccc3ccccc23)c1. The zero-order valence-electron chi connectivity index (χ0n) is 31.1. The van der Waals surface area contributed by atoms with Crippen LogP contribution in [0.25, 0.3) is 122 Å². The summed E-state index contributed by atoms with van der Waals surface area (Å²) in [7, 11) is 0. The predicted octanol–water partition coefficient (Wildman–Crippen LogP) is 14.3. The molecule has 0 aliphatic carbocycles. The second kappa shape index (κ2) is 12.8. The lowest BCUT2D eigenvalue weighted by molar-refractivity contribution is 0.668. The van der Waals surface area contributed by atoms with Gasteiger partial charge in [-0.05, 0) is 86.3 Å². The normalized spacial score (nSPS) is 11.8. The van der Waals surface area contributed by atoms with Crippen molar-refractivity contribution in [3.05, 3.63) is 188 Å². The first-order chi connectivity index (χ1) is 28.7. The summed E-state index contributed by atoms with van der Waals surface area (Å²) < 4.78 is 12.8. The van der Waals surface area contributed by atoms with Crippen LogP contribution in [0.3, 0.4) is 0 Å². The molecule has 0 fully saturated rings. The summed E-state index contributed by atoms with van der Waals surface area (Å²) in [5.41, 5.74) is 10.3. The Balaban J connectivity index is 1.15. The third-order valence-electron chi connectivity index (χ3n) is 11.3. The van der Waals surface area contributed by atoms with Crippen molar-refractivity contribution in [3.63, 3.8) is 0 Å². The molecule has 0 aliphatic rings. The van der Waals surface area contributed by atoms with Gasteiger partial charge in [-0.3, -0.25) is 0 Å². The highest BCUT2D eigenvalue weighted by Crippen LogP contribution is 2.43. The average Bonchev–Trinajstić information content (AvgIpc) is 3.87. The van der Waals surface area contributed by atoms with Crippen LogP contribution < -0.4 is 0 Å². The Morgan fingerprint density at radius 1 is 0.276 bits per heavy atom. The van der Waals surface area contributed by atoms with Gasteiger partial charge in [-0.25, -0.2) is 15.0 Å². The lowest BCUT2D eigenvalue weighted by Crippen LogP contribution is -2.02. The van der Waals surface area contributed by atoms with Crippen LogP contribution in [0.1, 0.15) is 0 Å². The Kier molecular flexibility index (Phi) is 7.16. The second-order valence-electron chi connectivity index (χ2n) is 14.7.